The second kappa shape index (κ2) is 9.86. The van der Waals surface area contributed by atoms with Crippen LogP contribution < -0.4 is 10.6 Å². The van der Waals surface area contributed by atoms with Crippen LogP contribution in [0.4, 0.5) is 16.2 Å². The smallest absolute Gasteiger partial charge is 0.337 e. The molecule has 0 fully saturated rings. The number of hydrogen-bond donors (Lipinski definition) is 3. The molecule has 132 valence electrons. The van der Waals surface area contributed by atoms with Crippen LogP contribution in [-0.2, 0) is 0 Å². The molecule has 0 unspecified atom stereocenters. The molecule has 0 atom stereocenters. The summed E-state index contributed by atoms with van der Waals surface area (Å²) < 4.78 is 0. The van der Waals surface area contributed by atoms with Gasteiger partial charge in [-0.05, 0) is 36.4 Å². The van der Waals surface area contributed by atoms with E-state index in [1.54, 1.807) is 18.2 Å². The Morgan fingerprint density at radius 1 is 0.692 bits per heavy atom. The second-order valence-corrected chi connectivity index (χ2v) is 5.50. The summed E-state index contributed by atoms with van der Waals surface area (Å²) in [5.74, 6) is -0.995. The summed E-state index contributed by atoms with van der Waals surface area (Å²) in [6.45, 7) is 0. The number of carboxylic acid groups (broad SMARTS) is 1. The van der Waals surface area contributed by atoms with E-state index in [0.29, 0.717) is 0 Å². The summed E-state index contributed by atoms with van der Waals surface area (Å²) in [5.41, 5.74) is 1.69. The zero-order valence-corrected chi connectivity index (χ0v) is 14.5. The third kappa shape index (κ3) is 6.30. The number of aromatic carboxylic acids is 1. The van der Waals surface area contributed by atoms with E-state index in [9.17, 15) is 9.59 Å². The maximum absolute atomic E-state index is 11.6. The number of urea groups is 1. The molecule has 3 rings (SSSR count). The van der Waals surface area contributed by atoms with Crippen LogP contribution in [0, 0.1) is 0 Å². The van der Waals surface area contributed by atoms with E-state index < -0.39 is 5.97 Å². The molecule has 0 aliphatic rings. The highest BCUT2D eigenvalue weighted by molar-refractivity contribution is 6.33. The maximum atomic E-state index is 11.6. The molecule has 6 heteroatoms. The number of benzene rings is 3. The minimum Gasteiger partial charge on any atom is -0.478 e. The Hall–Kier alpha value is -3.31. The first kappa shape index (κ1) is 19.0. The third-order valence-electron chi connectivity index (χ3n) is 3.17. The van der Waals surface area contributed by atoms with Crippen molar-refractivity contribution >= 4 is 35.0 Å². The van der Waals surface area contributed by atoms with E-state index >= 15 is 0 Å². The van der Waals surface area contributed by atoms with E-state index in [-0.39, 0.29) is 16.6 Å². The SMILES string of the molecule is O=C(Nc1ccccc1)Nc1ccccc1.O=C(O)c1ccccc1Cl. The largest absolute Gasteiger partial charge is 0.478 e. The van der Waals surface area contributed by atoms with Crippen molar-refractivity contribution in [2.75, 3.05) is 10.6 Å². The molecular weight excluding hydrogens is 352 g/mol. The van der Waals surface area contributed by atoms with Crippen molar-refractivity contribution in [3.05, 3.63) is 95.5 Å². The van der Waals surface area contributed by atoms with E-state index in [4.69, 9.17) is 16.7 Å². The first-order valence-corrected chi connectivity index (χ1v) is 8.10. The number of nitrogens with one attached hydrogen (secondary N) is 2. The molecule has 0 bridgehead atoms. The topological polar surface area (TPSA) is 78.4 Å². The highest BCUT2D eigenvalue weighted by atomic mass is 35.5. The number of hydrogen-bond acceptors (Lipinski definition) is 2. The minimum absolute atomic E-state index is 0.143. The Morgan fingerprint density at radius 3 is 1.50 bits per heavy atom. The lowest BCUT2D eigenvalue weighted by molar-refractivity contribution is 0.0697. The predicted molar refractivity (Wildman–Crippen MR) is 104 cm³/mol. The summed E-state index contributed by atoms with van der Waals surface area (Å²) in [6.07, 6.45) is 0. The zero-order valence-electron chi connectivity index (χ0n) is 13.7. The van der Waals surface area contributed by atoms with Gasteiger partial charge in [0.15, 0.2) is 0 Å². The summed E-state index contributed by atoms with van der Waals surface area (Å²) in [5, 5.41) is 14.2. The van der Waals surface area contributed by atoms with Gasteiger partial charge in [-0.2, -0.15) is 0 Å². The van der Waals surface area contributed by atoms with Crippen LogP contribution >= 0.6 is 11.6 Å². The highest BCUT2D eigenvalue weighted by Gasteiger charge is 2.05. The number of halogens is 1. The second-order valence-electron chi connectivity index (χ2n) is 5.10. The van der Waals surface area contributed by atoms with Crippen LogP contribution in [0.5, 0.6) is 0 Å². The van der Waals surface area contributed by atoms with Crippen molar-refractivity contribution in [3.63, 3.8) is 0 Å². The molecule has 0 heterocycles. The van der Waals surface area contributed by atoms with E-state index in [1.165, 1.54) is 6.07 Å². The average Bonchev–Trinajstić information content (AvgIpc) is 2.64. The lowest BCUT2D eigenvalue weighted by Crippen LogP contribution is -2.19. The molecular formula is C20H17ClN2O3. The molecule has 2 amide bonds. The normalized spacial score (nSPS) is 9.42. The van der Waals surface area contributed by atoms with Gasteiger partial charge in [-0.1, -0.05) is 60.1 Å². The van der Waals surface area contributed by atoms with Crippen LogP contribution in [0.25, 0.3) is 0 Å². The van der Waals surface area contributed by atoms with Crippen molar-refractivity contribution < 1.29 is 14.7 Å². The Bertz CT molecular complexity index is 812. The molecule has 5 nitrogen and oxygen atoms in total. The minimum atomic E-state index is -0.995. The van der Waals surface area contributed by atoms with Crippen LogP contribution in [0.3, 0.4) is 0 Å². The van der Waals surface area contributed by atoms with E-state index in [1.807, 2.05) is 60.7 Å². The van der Waals surface area contributed by atoms with Crippen molar-refractivity contribution in [3.8, 4) is 0 Å². The molecule has 0 aromatic heterocycles. The van der Waals surface area contributed by atoms with E-state index in [0.717, 1.165) is 11.4 Å². The molecule has 0 radical (unpaired) electrons. The number of carbonyl (C=O) groups is 2. The fourth-order valence-electron chi connectivity index (χ4n) is 1.97. The molecule has 3 aromatic carbocycles. The van der Waals surface area contributed by atoms with Gasteiger partial charge in [-0.25, -0.2) is 9.59 Å². The average molecular weight is 369 g/mol. The number of anilines is 2. The number of rotatable bonds is 3. The van der Waals surface area contributed by atoms with Crippen molar-refractivity contribution in [1.29, 1.82) is 0 Å². The van der Waals surface area contributed by atoms with Gasteiger partial charge < -0.3 is 15.7 Å². The van der Waals surface area contributed by atoms with E-state index in [2.05, 4.69) is 10.6 Å². The Morgan fingerprint density at radius 2 is 1.12 bits per heavy atom. The van der Waals surface area contributed by atoms with Crippen molar-refractivity contribution in [2.24, 2.45) is 0 Å². The lowest BCUT2D eigenvalue weighted by Gasteiger charge is -2.06. The Kier molecular flexibility index (Phi) is 7.21. The van der Waals surface area contributed by atoms with Gasteiger partial charge in [0, 0.05) is 11.4 Å². The number of carboxylic acids is 1. The number of amides is 2. The van der Waals surface area contributed by atoms with Crippen molar-refractivity contribution in [1.82, 2.24) is 0 Å². The molecule has 0 saturated carbocycles. The maximum Gasteiger partial charge on any atom is 0.337 e. The molecule has 3 aromatic rings. The van der Waals surface area contributed by atoms with Crippen molar-refractivity contribution in [2.45, 2.75) is 0 Å². The predicted octanol–water partition coefficient (Wildman–Crippen LogP) is 5.37. The van der Waals surface area contributed by atoms with Crippen LogP contribution in [-0.4, -0.2) is 17.1 Å². The monoisotopic (exact) mass is 368 g/mol. The summed E-state index contributed by atoms with van der Waals surface area (Å²) in [4.78, 5) is 21.9. The Labute approximate surface area is 156 Å². The first-order chi connectivity index (χ1) is 12.6. The van der Waals surface area contributed by atoms with Crippen LogP contribution in [0.1, 0.15) is 10.4 Å². The number of para-hydroxylation sites is 2. The molecule has 0 spiro atoms. The highest BCUT2D eigenvalue weighted by Crippen LogP contribution is 2.13. The third-order valence-corrected chi connectivity index (χ3v) is 3.50. The van der Waals surface area contributed by atoms with Gasteiger partial charge >= 0.3 is 12.0 Å². The quantitative estimate of drug-likeness (QED) is 0.581. The van der Waals surface area contributed by atoms with Crippen LogP contribution in [0.2, 0.25) is 5.02 Å². The van der Waals surface area contributed by atoms with Gasteiger partial charge in [0.05, 0.1) is 10.6 Å². The fraction of sp³-hybridized carbons (Fsp3) is 0. The van der Waals surface area contributed by atoms with Gasteiger partial charge in [0.1, 0.15) is 0 Å². The number of carbonyl (C=O) groups excluding carboxylic acids is 1. The molecule has 0 saturated heterocycles. The molecule has 0 aliphatic carbocycles. The van der Waals surface area contributed by atoms with Gasteiger partial charge in [0.25, 0.3) is 0 Å². The zero-order chi connectivity index (χ0) is 18.8. The summed E-state index contributed by atoms with van der Waals surface area (Å²) in [6, 6.07) is 24.7. The molecule has 3 N–H and O–H groups in total. The first-order valence-electron chi connectivity index (χ1n) is 7.72. The van der Waals surface area contributed by atoms with Gasteiger partial charge in [-0.3, -0.25) is 0 Å². The Balaban J connectivity index is 0.000000209. The van der Waals surface area contributed by atoms with Gasteiger partial charge in [-0.15, -0.1) is 0 Å². The summed E-state index contributed by atoms with van der Waals surface area (Å²) >= 11 is 5.54. The van der Waals surface area contributed by atoms with Crippen LogP contribution in [0.15, 0.2) is 84.9 Å². The molecule has 26 heavy (non-hydrogen) atoms. The fourth-order valence-corrected chi connectivity index (χ4v) is 2.19. The summed E-state index contributed by atoms with van der Waals surface area (Å²) in [7, 11) is 0. The lowest BCUT2D eigenvalue weighted by atomic mass is 10.2. The van der Waals surface area contributed by atoms with Gasteiger partial charge in [0.2, 0.25) is 0 Å². The molecule has 0 aliphatic heterocycles. The standard InChI is InChI=1S/C13H12N2O.C7H5ClO2/c16-13(14-11-7-3-1-4-8-11)15-12-9-5-2-6-10-12;8-6-4-2-1-3-5(6)7(9)10/h1-10H,(H2,14,15,16);1-4H,(H,9,10).